The van der Waals surface area contributed by atoms with Crippen LogP contribution in [0, 0.1) is 18.7 Å². The minimum atomic E-state index is -0.154. The van der Waals surface area contributed by atoms with E-state index in [0.717, 1.165) is 32.5 Å². The first kappa shape index (κ1) is 19.6. The average molecular weight is 382 g/mol. The molecule has 1 N–H and O–H groups in total. The number of aryl methyl sites for hydroxylation is 1. The molecule has 4 rings (SSSR count). The molecule has 1 aliphatic heterocycles. The molecule has 1 spiro atoms. The number of halogens is 1. The molecule has 2 unspecified atom stereocenters. The first-order valence-corrected chi connectivity index (χ1v) is 10.8. The van der Waals surface area contributed by atoms with Crippen LogP contribution in [-0.2, 0) is 11.2 Å². The molecule has 2 aliphatic rings. The van der Waals surface area contributed by atoms with E-state index in [-0.39, 0.29) is 11.4 Å². The Kier molecular flexibility index (Phi) is 6.13. The third-order valence-corrected chi connectivity index (χ3v) is 6.66. The van der Waals surface area contributed by atoms with E-state index in [9.17, 15) is 4.39 Å². The minimum absolute atomic E-state index is 0.0666. The van der Waals surface area contributed by atoms with Crippen molar-refractivity contribution in [2.24, 2.45) is 5.92 Å². The van der Waals surface area contributed by atoms with Gasteiger partial charge in [-0.1, -0.05) is 54.8 Å². The lowest BCUT2D eigenvalue weighted by molar-refractivity contribution is -0.105. The third-order valence-electron chi connectivity index (χ3n) is 6.66. The maximum Gasteiger partial charge on any atom is 0.123 e. The molecule has 0 amide bonds. The molecule has 2 aromatic carbocycles. The van der Waals surface area contributed by atoms with Crippen LogP contribution in [0.25, 0.3) is 0 Å². The lowest BCUT2D eigenvalue weighted by Crippen LogP contribution is -2.44. The average Bonchev–Trinajstić information content (AvgIpc) is 3.15. The zero-order valence-corrected chi connectivity index (χ0v) is 16.9. The Bertz CT molecular complexity index is 766. The van der Waals surface area contributed by atoms with Gasteiger partial charge in [0.05, 0.1) is 12.2 Å². The van der Waals surface area contributed by atoms with Gasteiger partial charge in [0, 0.05) is 12.5 Å². The summed E-state index contributed by atoms with van der Waals surface area (Å²) < 4.78 is 19.9. The molecule has 0 aromatic heterocycles. The van der Waals surface area contributed by atoms with Crippen molar-refractivity contribution in [3.63, 3.8) is 0 Å². The van der Waals surface area contributed by atoms with Crippen molar-refractivity contribution in [3.05, 3.63) is 71.0 Å². The molecule has 1 heterocycles. The fourth-order valence-corrected chi connectivity index (χ4v) is 5.08. The molecule has 2 nitrogen and oxygen atoms in total. The van der Waals surface area contributed by atoms with E-state index < -0.39 is 0 Å². The maximum atomic E-state index is 13.4. The van der Waals surface area contributed by atoms with Gasteiger partial charge in [-0.05, 0) is 68.3 Å². The molecule has 2 aromatic rings. The molecule has 28 heavy (non-hydrogen) atoms. The van der Waals surface area contributed by atoms with Crippen LogP contribution in [0.3, 0.4) is 0 Å². The number of nitrogens with one attached hydrogen (secondary N) is 1. The van der Waals surface area contributed by atoms with Crippen LogP contribution in [0.4, 0.5) is 4.39 Å². The first-order chi connectivity index (χ1) is 13.6. The summed E-state index contributed by atoms with van der Waals surface area (Å²) in [5.74, 6) is 0.729. The summed E-state index contributed by atoms with van der Waals surface area (Å²) in [6.07, 6.45) is 7.02. The highest BCUT2D eigenvalue weighted by Crippen LogP contribution is 2.47. The lowest BCUT2D eigenvalue weighted by atomic mass is 9.75. The molecular formula is C25H32FNO. The summed E-state index contributed by atoms with van der Waals surface area (Å²) in [6.45, 7) is 4.87. The summed E-state index contributed by atoms with van der Waals surface area (Å²) in [5.41, 5.74) is 4.03. The molecule has 1 saturated heterocycles. The van der Waals surface area contributed by atoms with Crippen molar-refractivity contribution in [1.82, 2.24) is 5.32 Å². The second-order valence-corrected chi connectivity index (χ2v) is 8.77. The van der Waals surface area contributed by atoms with Gasteiger partial charge in [-0.3, -0.25) is 0 Å². The van der Waals surface area contributed by atoms with Crippen LogP contribution in [0.15, 0.2) is 48.5 Å². The highest BCUT2D eigenvalue weighted by atomic mass is 19.1. The molecule has 2 fully saturated rings. The molecule has 0 bridgehead atoms. The fraction of sp³-hybridized carbons (Fsp3) is 0.520. The van der Waals surface area contributed by atoms with Crippen LogP contribution in [0.5, 0.6) is 0 Å². The van der Waals surface area contributed by atoms with E-state index in [1.54, 1.807) is 12.1 Å². The van der Waals surface area contributed by atoms with Crippen molar-refractivity contribution >= 4 is 0 Å². The van der Waals surface area contributed by atoms with Crippen LogP contribution >= 0.6 is 0 Å². The smallest absolute Gasteiger partial charge is 0.123 e. The lowest BCUT2D eigenvalue weighted by Gasteiger charge is -2.43. The van der Waals surface area contributed by atoms with Crippen LogP contribution in [-0.4, -0.2) is 25.3 Å². The Morgan fingerprint density at radius 3 is 2.64 bits per heavy atom. The summed E-state index contributed by atoms with van der Waals surface area (Å²) in [6, 6.07) is 15.9. The van der Waals surface area contributed by atoms with Gasteiger partial charge in [0.25, 0.3) is 0 Å². The van der Waals surface area contributed by atoms with Crippen molar-refractivity contribution in [2.45, 2.75) is 57.0 Å². The summed E-state index contributed by atoms with van der Waals surface area (Å²) >= 11 is 0. The Balaban J connectivity index is 1.38. The number of ether oxygens (including phenoxy) is 1. The van der Waals surface area contributed by atoms with Gasteiger partial charge >= 0.3 is 0 Å². The molecule has 150 valence electrons. The topological polar surface area (TPSA) is 21.3 Å². The van der Waals surface area contributed by atoms with E-state index in [1.165, 1.54) is 42.4 Å². The van der Waals surface area contributed by atoms with E-state index >= 15 is 0 Å². The Morgan fingerprint density at radius 2 is 1.89 bits per heavy atom. The third kappa shape index (κ3) is 4.64. The van der Waals surface area contributed by atoms with Gasteiger partial charge in [0.1, 0.15) is 5.82 Å². The van der Waals surface area contributed by atoms with Gasteiger partial charge in [0.2, 0.25) is 0 Å². The van der Waals surface area contributed by atoms with Gasteiger partial charge in [0.15, 0.2) is 0 Å². The second kappa shape index (κ2) is 8.75. The van der Waals surface area contributed by atoms with E-state index in [1.807, 2.05) is 12.1 Å². The fourth-order valence-electron chi connectivity index (χ4n) is 5.08. The van der Waals surface area contributed by atoms with Crippen LogP contribution in [0.1, 0.15) is 54.7 Å². The van der Waals surface area contributed by atoms with Crippen LogP contribution in [0.2, 0.25) is 0 Å². The molecule has 3 heteroatoms. The van der Waals surface area contributed by atoms with Crippen molar-refractivity contribution in [2.75, 3.05) is 19.7 Å². The standard InChI is InChI=1S/C25H32FNO/c1-19-5-4-6-20(15-19)11-14-27-17-22-18-28-25(12-2-3-13-25)16-24(22)21-7-9-23(26)10-8-21/h4-10,15,22,24,27H,2-3,11-14,16-18H2,1H3. The summed E-state index contributed by atoms with van der Waals surface area (Å²) in [7, 11) is 0. The quantitative estimate of drug-likeness (QED) is 0.677. The highest BCUT2D eigenvalue weighted by molar-refractivity contribution is 5.24. The molecule has 2 atom stereocenters. The monoisotopic (exact) mass is 381 g/mol. The summed E-state index contributed by atoms with van der Waals surface area (Å²) in [5, 5.41) is 3.66. The maximum absolute atomic E-state index is 13.4. The van der Waals surface area contributed by atoms with Gasteiger partial charge in [-0.15, -0.1) is 0 Å². The van der Waals surface area contributed by atoms with Gasteiger partial charge in [-0.2, -0.15) is 0 Å². The van der Waals surface area contributed by atoms with E-state index in [2.05, 4.69) is 36.5 Å². The van der Waals surface area contributed by atoms with Crippen molar-refractivity contribution in [3.8, 4) is 0 Å². The normalized spacial score (nSPS) is 23.9. The zero-order chi connectivity index (χ0) is 19.4. The van der Waals surface area contributed by atoms with Gasteiger partial charge in [-0.25, -0.2) is 4.39 Å². The van der Waals surface area contributed by atoms with E-state index in [4.69, 9.17) is 4.74 Å². The molecule has 0 radical (unpaired) electrons. The zero-order valence-electron chi connectivity index (χ0n) is 16.9. The number of benzene rings is 2. The predicted octanol–water partition coefficient (Wildman–Crippen LogP) is 5.40. The molecule has 1 aliphatic carbocycles. The SMILES string of the molecule is Cc1cccc(CCNCC2COC3(CCCC3)CC2c2ccc(F)cc2)c1. The van der Waals surface area contributed by atoms with Crippen molar-refractivity contribution < 1.29 is 9.13 Å². The number of hydrogen-bond acceptors (Lipinski definition) is 2. The molecule has 1 saturated carbocycles. The predicted molar refractivity (Wildman–Crippen MR) is 112 cm³/mol. The van der Waals surface area contributed by atoms with E-state index in [0.29, 0.717) is 11.8 Å². The number of rotatable bonds is 6. The van der Waals surface area contributed by atoms with Crippen LogP contribution < -0.4 is 5.32 Å². The Labute approximate surface area is 168 Å². The Morgan fingerprint density at radius 1 is 1.11 bits per heavy atom. The second-order valence-electron chi connectivity index (χ2n) is 8.77. The minimum Gasteiger partial charge on any atom is -0.375 e. The first-order valence-electron chi connectivity index (χ1n) is 10.8. The number of hydrogen-bond donors (Lipinski definition) is 1. The highest BCUT2D eigenvalue weighted by Gasteiger charge is 2.43. The summed E-state index contributed by atoms with van der Waals surface area (Å²) in [4.78, 5) is 0. The molecular weight excluding hydrogens is 349 g/mol. The van der Waals surface area contributed by atoms with Gasteiger partial charge < -0.3 is 10.1 Å². The largest absolute Gasteiger partial charge is 0.375 e. The Hall–Kier alpha value is -1.71. The van der Waals surface area contributed by atoms with Crippen molar-refractivity contribution in [1.29, 1.82) is 0 Å².